The van der Waals surface area contributed by atoms with Gasteiger partial charge in [-0.05, 0) is 24.6 Å². The van der Waals surface area contributed by atoms with Crippen LogP contribution in [0.1, 0.15) is 23.0 Å². The maximum Gasteiger partial charge on any atom is 0.274 e. The number of hydrogen-bond acceptors (Lipinski definition) is 2. The zero-order valence-corrected chi connectivity index (χ0v) is 14.9. The molecular formula is C15H11Cl4FN2O. The topological polar surface area (TPSA) is 33.2 Å². The van der Waals surface area contributed by atoms with Crippen LogP contribution in [-0.2, 0) is 6.54 Å². The number of halogens is 5. The highest BCUT2D eigenvalue weighted by Crippen LogP contribution is 2.36. The van der Waals surface area contributed by atoms with Gasteiger partial charge >= 0.3 is 0 Å². The number of amides is 1. The molecule has 3 nitrogen and oxygen atoms in total. The van der Waals surface area contributed by atoms with E-state index in [1.807, 2.05) is 0 Å². The summed E-state index contributed by atoms with van der Waals surface area (Å²) in [5.74, 6) is -0.845. The SMILES string of the molecule is CCN(Cc1cccc(F)c1)C(=O)c1nc(Cl)c(Cl)c(Cl)c1Cl. The molecule has 0 aliphatic carbocycles. The third kappa shape index (κ3) is 4.07. The second-order valence-electron chi connectivity index (χ2n) is 4.64. The molecule has 0 spiro atoms. The number of carbonyl (C=O) groups is 1. The molecule has 0 atom stereocenters. The molecule has 0 aliphatic rings. The van der Waals surface area contributed by atoms with Gasteiger partial charge in [0.1, 0.15) is 16.7 Å². The van der Waals surface area contributed by atoms with Crippen molar-refractivity contribution in [1.82, 2.24) is 9.88 Å². The van der Waals surface area contributed by atoms with Crippen molar-refractivity contribution in [2.24, 2.45) is 0 Å². The Morgan fingerprint density at radius 2 is 1.87 bits per heavy atom. The van der Waals surface area contributed by atoms with Crippen molar-refractivity contribution in [2.75, 3.05) is 6.54 Å². The molecule has 0 saturated carbocycles. The summed E-state index contributed by atoms with van der Waals surface area (Å²) in [5.41, 5.74) is 0.548. The normalized spacial score (nSPS) is 10.7. The van der Waals surface area contributed by atoms with Gasteiger partial charge in [-0.3, -0.25) is 4.79 Å². The van der Waals surface area contributed by atoms with Crippen LogP contribution in [-0.4, -0.2) is 22.3 Å². The number of rotatable bonds is 4. The van der Waals surface area contributed by atoms with Gasteiger partial charge in [-0.15, -0.1) is 0 Å². The van der Waals surface area contributed by atoms with Gasteiger partial charge in [0.15, 0.2) is 0 Å². The lowest BCUT2D eigenvalue weighted by molar-refractivity contribution is 0.0746. The van der Waals surface area contributed by atoms with Crippen LogP contribution in [0.25, 0.3) is 0 Å². The van der Waals surface area contributed by atoms with E-state index in [-0.39, 0.29) is 38.3 Å². The van der Waals surface area contributed by atoms with E-state index in [9.17, 15) is 9.18 Å². The van der Waals surface area contributed by atoms with E-state index >= 15 is 0 Å². The summed E-state index contributed by atoms with van der Waals surface area (Å²) >= 11 is 23.7. The van der Waals surface area contributed by atoms with Crippen LogP contribution in [0.4, 0.5) is 4.39 Å². The monoisotopic (exact) mass is 394 g/mol. The first kappa shape index (κ1) is 18.3. The van der Waals surface area contributed by atoms with Crippen molar-refractivity contribution in [3.8, 4) is 0 Å². The largest absolute Gasteiger partial charge is 0.333 e. The Morgan fingerprint density at radius 1 is 1.17 bits per heavy atom. The lowest BCUT2D eigenvalue weighted by Gasteiger charge is -2.21. The Bertz CT molecular complexity index is 754. The van der Waals surface area contributed by atoms with E-state index in [1.54, 1.807) is 19.1 Å². The van der Waals surface area contributed by atoms with E-state index in [1.165, 1.54) is 17.0 Å². The highest BCUT2D eigenvalue weighted by atomic mass is 35.5. The van der Waals surface area contributed by atoms with E-state index < -0.39 is 5.91 Å². The summed E-state index contributed by atoms with van der Waals surface area (Å²) in [6, 6.07) is 5.98. The Balaban J connectivity index is 2.34. The Hall–Kier alpha value is -1.07. The first-order chi connectivity index (χ1) is 10.8. The summed E-state index contributed by atoms with van der Waals surface area (Å²) in [5, 5.41) is -0.212. The standard InChI is InChI=1S/C15H11Cl4FN2O/c1-2-22(7-8-4-3-5-9(20)6-8)15(23)13-11(17)10(16)12(18)14(19)21-13/h3-6H,2,7H2,1H3. The fraction of sp³-hybridized carbons (Fsp3) is 0.200. The van der Waals surface area contributed by atoms with Crippen LogP contribution < -0.4 is 0 Å². The van der Waals surface area contributed by atoms with Crippen LogP contribution >= 0.6 is 46.4 Å². The molecule has 0 radical (unpaired) electrons. The Kier molecular flexibility index (Phi) is 6.09. The van der Waals surface area contributed by atoms with Crippen LogP contribution in [0.3, 0.4) is 0 Å². The Labute approximate surface area is 152 Å². The molecule has 1 heterocycles. The molecule has 2 rings (SSSR count). The van der Waals surface area contributed by atoms with E-state index in [0.29, 0.717) is 12.1 Å². The van der Waals surface area contributed by atoms with Gasteiger partial charge in [-0.1, -0.05) is 58.5 Å². The van der Waals surface area contributed by atoms with Gasteiger partial charge < -0.3 is 4.90 Å². The van der Waals surface area contributed by atoms with Crippen molar-refractivity contribution in [1.29, 1.82) is 0 Å². The smallest absolute Gasteiger partial charge is 0.274 e. The van der Waals surface area contributed by atoms with Crippen LogP contribution in [0.15, 0.2) is 24.3 Å². The molecule has 8 heteroatoms. The average molecular weight is 396 g/mol. The van der Waals surface area contributed by atoms with Gasteiger partial charge in [0, 0.05) is 13.1 Å². The summed E-state index contributed by atoms with van der Waals surface area (Å²) in [6.07, 6.45) is 0. The minimum Gasteiger partial charge on any atom is -0.333 e. The fourth-order valence-electron chi connectivity index (χ4n) is 1.96. The Morgan fingerprint density at radius 3 is 2.48 bits per heavy atom. The van der Waals surface area contributed by atoms with Gasteiger partial charge in [-0.25, -0.2) is 9.37 Å². The zero-order chi connectivity index (χ0) is 17.1. The molecule has 0 unspecified atom stereocenters. The van der Waals surface area contributed by atoms with Crippen LogP contribution in [0.5, 0.6) is 0 Å². The zero-order valence-electron chi connectivity index (χ0n) is 11.9. The molecule has 23 heavy (non-hydrogen) atoms. The van der Waals surface area contributed by atoms with Crippen molar-refractivity contribution in [3.05, 3.63) is 61.6 Å². The van der Waals surface area contributed by atoms with Crippen molar-refractivity contribution in [3.63, 3.8) is 0 Å². The highest BCUT2D eigenvalue weighted by molar-refractivity contribution is 6.52. The van der Waals surface area contributed by atoms with Gasteiger partial charge in [0.05, 0.1) is 15.1 Å². The minimum atomic E-state index is -0.470. The summed E-state index contributed by atoms with van der Waals surface area (Å²) in [7, 11) is 0. The van der Waals surface area contributed by atoms with E-state index in [2.05, 4.69) is 4.98 Å². The first-order valence-electron chi connectivity index (χ1n) is 6.58. The van der Waals surface area contributed by atoms with Gasteiger partial charge in [0.25, 0.3) is 5.91 Å². The molecule has 1 amide bonds. The second-order valence-corrected chi connectivity index (χ2v) is 6.13. The number of pyridine rings is 1. The summed E-state index contributed by atoms with van der Waals surface area (Å²) < 4.78 is 13.3. The molecular weight excluding hydrogens is 385 g/mol. The highest BCUT2D eigenvalue weighted by Gasteiger charge is 2.24. The first-order valence-corrected chi connectivity index (χ1v) is 8.10. The molecule has 0 aliphatic heterocycles. The lowest BCUT2D eigenvalue weighted by Crippen LogP contribution is -2.31. The number of hydrogen-bond donors (Lipinski definition) is 0. The third-order valence-electron chi connectivity index (χ3n) is 3.12. The predicted molar refractivity (Wildman–Crippen MR) is 91.1 cm³/mol. The number of carbonyl (C=O) groups excluding carboxylic acids is 1. The van der Waals surface area contributed by atoms with Crippen molar-refractivity contribution < 1.29 is 9.18 Å². The molecule has 0 saturated heterocycles. The van der Waals surface area contributed by atoms with E-state index in [0.717, 1.165) is 0 Å². The molecule has 0 bridgehead atoms. The van der Waals surface area contributed by atoms with Gasteiger partial charge in [-0.2, -0.15) is 0 Å². The molecule has 0 N–H and O–H groups in total. The van der Waals surface area contributed by atoms with Crippen LogP contribution in [0.2, 0.25) is 20.2 Å². The number of benzene rings is 1. The quantitative estimate of drug-likeness (QED) is 0.640. The molecule has 2 aromatic rings. The summed E-state index contributed by atoms with van der Waals surface area (Å²) in [6.45, 7) is 2.35. The van der Waals surface area contributed by atoms with E-state index in [4.69, 9.17) is 46.4 Å². The molecule has 1 aromatic heterocycles. The lowest BCUT2D eigenvalue weighted by atomic mass is 10.2. The van der Waals surface area contributed by atoms with Crippen LogP contribution in [0, 0.1) is 5.82 Å². The fourth-order valence-corrected chi connectivity index (χ4v) is 2.77. The molecule has 122 valence electrons. The van der Waals surface area contributed by atoms with Crippen molar-refractivity contribution >= 4 is 52.3 Å². The third-order valence-corrected chi connectivity index (χ3v) is 4.80. The second kappa shape index (κ2) is 7.67. The molecule has 1 aromatic carbocycles. The molecule has 0 fully saturated rings. The minimum absolute atomic E-state index is 0.0111. The maximum absolute atomic E-state index is 13.3. The average Bonchev–Trinajstić information content (AvgIpc) is 2.53. The summed E-state index contributed by atoms with van der Waals surface area (Å²) in [4.78, 5) is 18.0. The number of nitrogens with zero attached hydrogens (tertiary/aromatic N) is 2. The van der Waals surface area contributed by atoms with Crippen molar-refractivity contribution in [2.45, 2.75) is 13.5 Å². The number of aromatic nitrogens is 1. The maximum atomic E-state index is 13.3. The predicted octanol–water partition coefficient (Wildman–Crippen LogP) is 5.50. The van der Waals surface area contributed by atoms with Gasteiger partial charge in [0.2, 0.25) is 0 Å².